The molecule has 2 rings (SSSR count). The van der Waals surface area contributed by atoms with Crippen molar-refractivity contribution in [2.24, 2.45) is 5.73 Å². The normalized spacial score (nSPS) is 11.5. The van der Waals surface area contributed by atoms with Gasteiger partial charge in [-0.15, -0.1) is 10.2 Å². The van der Waals surface area contributed by atoms with Crippen LogP contribution in [0, 0.1) is 11.3 Å². The van der Waals surface area contributed by atoms with E-state index in [1.165, 1.54) is 30.0 Å². The Labute approximate surface area is 142 Å². The van der Waals surface area contributed by atoms with Gasteiger partial charge in [-0.2, -0.15) is 5.26 Å². The Morgan fingerprint density at radius 2 is 2.13 bits per heavy atom. The number of thioether (sulfide) groups is 1. The lowest BCUT2D eigenvalue weighted by atomic mass is 10.2. The van der Waals surface area contributed by atoms with Crippen molar-refractivity contribution in [2.75, 3.05) is 11.1 Å². The maximum Gasteiger partial charge on any atom is 0.206 e. The summed E-state index contributed by atoms with van der Waals surface area (Å²) in [5.74, 6) is -0.184. The van der Waals surface area contributed by atoms with E-state index in [9.17, 15) is 4.79 Å². The maximum absolute atomic E-state index is 11.9. The SMILES string of the molecule is C/C(N)=C(/C#N)C(=O)CSc1nnc(NCc2ccccc2)s1. The van der Waals surface area contributed by atoms with Gasteiger partial charge in [0.15, 0.2) is 10.1 Å². The number of nitrogens with zero attached hydrogens (tertiary/aromatic N) is 3. The number of allylic oxidation sites excluding steroid dienone is 2. The molecule has 0 radical (unpaired) electrons. The minimum Gasteiger partial charge on any atom is -0.401 e. The van der Waals surface area contributed by atoms with Crippen LogP contribution in [0.5, 0.6) is 0 Å². The van der Waals surface area contributed by atoms with E-state index in [0.717, 1.165) is 5.56 Å². The second-order valence-electron chi connectivity index (χ2n) is 4.59. The van der Waals surface area contributed by atoms with Crippen molar-refractivity contribution in [3.05, 3.63) is 47.2 Å². The number of carbonyl (C=O) groups is 1. The number of anilines is 1. The lowest BCUT2D eigenvalue weighted by Gasteiger charge is -2.01. The number of nitrogens with two attached hydrogens (primary N) is 1. The van der Waals surface area contributed by atoms with Crippen LogP contribution in [0.3, 0.4) is 0 Å². The van der Waals surface area contributed by atoms with Crippen molar-refractivity contribution in [3.8, 4) is 6.07 Å². The highest BCUT2D eigenvalue weighted by molar-refractivity contribution is 8.01. The van der Waals surface area contributed by atoms with Gasteiger partial charge in [-0.25, -0.2) is 0 Å². The van der Waals surface area contributed by atoms with E-state index in [1.54, 1.807) is 0 Å². The Bertz CT molecular complexity index is 745. The number of carbonyl (C=O) groups excluding carboxylic acids is 1. The summed E-state index contributed by atoms with van der Waals surface area (Å²) in [5.41, 5.74) is 6.90. The van der Waals surface area contributed by atoms with Crippen LogP contribution in [0.15, 0.2) is 45.9 Å². The van der Waals surface area contributed by atoms with Gasteiger partial charge in [0.25, 0.3) is 0 Å². The van der Waals surface area contributed by atoms with Gasteiger partial charge < -0.3 is 11.1 Å². The molecule has 1 aromatic heterocycles. The maximum atomic E-state index is 11.9. The summed E-state index contributed by atoms with van der Waals surface area (Å²) in [6, 6.07) is 11.8. The first kappa shape index (κ1) is 17.0. The summed E-state index contributed by atoms with van der Waals surface area (Å²) in [5, 5.41) is 20.8. The van der Waals surface area contributed by atoms with Gasteiger partial charge in [-0.05, 0) is 12.5 Å². The van der Waals surface area contributed by atoms with Crippen molar-refractivity contribution >= 4 is 34.0 Å². The van der Waals surface area contributed by atoms with Crippen molar-refractivity contribution < 1.29 is 4.79 Å². The van der Waals surface area contributed by atoms with Gasteiger partial charge in [0, 0.05) is 12.2 Å². The summed E-state index contributed by atoms with van der Waals surface area (Å²) in [6.07, 6.45) is 0. The number of hydrogen-bond acceptors (Lipinski definition) is 8. The zero-order chi connectivity index (χ0) is 16.7. The van der Waals surface area contributed by atoms with E-state index in [1.807, 2.05) is 36.4 Å². The molecule has 0 saturated heterocycles. The van der Waals surface area contributed by atoms with E-state index in [-0.39, 0.29) is 22.8 Å². The second kappa shape index (κ2) is 8.31. The summed E-state index contributed by atoms with van der Waals surface area (Å²) >= 11 is 2.62. The van der Waals surface area contributed by atoms with E-state index < -0.39 is 0 Å². The molecule has 0 aliphatic heterocycles. The lowest BCUT2D eigenvalue weighted by molar-refractivity contribution is -0.112. The molecule has 0 fully saturated rings. The van der Waals surface area contributed by atoms with Crippen LogP contribution in [0.2, 0.25) is 0 Å². The van der Waals surface area contributed by atoms with Crippen molar-refractivity contribution in [2.45, 2.75) is 17.8 Å². The average Bonchev–Trinajstić information content (AvgIpc) is 3.00. The van der Waals surface area contributed by atoms with Crippen LogP contribution in [0.4, 0.5) is 5.13 Å². The first-order valence-corrected chi connectivity index (χ1v) is 8.54. The molecule has 0 bridgehead atoms. The van der Waals surface area contributed by atoms with Crippen LogP contribution in [0.25, 0.3) is 0 Å². The number of nitrogens with one attached hydrogen (secondary N) is 1. The number of Topliss-reactive ketones (excluding diaryl/α,β-unsaturated/α-hetero) is 1. The molecule has 0 saturated carbocycles. The molecule has 118 valence electrons. The topological polar surface area (TPSA) is 105 Å². The third-order valence-electron chi connectivity index (χ3n) is 2.80. The van der Waals surface area contributed by atoms with Gasteiger partial charge in [0.05, 0.1) is 5.75 Å². The molecule has 23 heavy (non-hydrogen) atoms. The molecular weight excluding hydrogens is 330 g/mol. The van der Waals surface area contributed by atoms with E-state index in [2.05, 4.69) is 15.5 Å². The van der Waals surface area contributed by atoms with Crippen LogP contribution in [-0.2, 0) is 11.3 Å². The quantitative estimate of drug-likeness (QED) is 0.451. The van der Waals surface area contributed by atoms with Gasteiger partial charge in [0.2, 0.25) is 5.13 Å². The minimum atomic E-state index is -0.300. The number of hydrogen-bond donors (Lipinski definition) is 2. The summed E-state index contributed by atoms with van der Waals surface area (Å²) in [4.78, 5) is 11.9. The molecule has 0 atom stereocenters. The summed E-state index contributed by atoms with van der Waals surface area (Å²) in [7, 11) is 0. The Morgan fingerprint density at radius 3 is 2.78 bits per heavy atom. The molecule has 3 N–H and O–H groups in total. The fourth-order valence-electron chi connectivity index (χ4n) is 1.68. The molecule has 0 amide bonds. The van der Waals surface area contributed by atoms with Crippen molar-refractivity contribution in [3.63, 3.8) is 0 Å². The zero-order valence-electron chi connectivity index (χ0n) is 12.4. The highest BCUT2D eigenvalue weighted by Gasteiger charge is 2.13. The number of nitriles is 1. The standard InChI is InChI=1S/C15H15N5OS2/c1-10(17)12(7-16)13(21)9-22-15-20-19-14(23-15)18-8-11-5-3-2-4-6-11/h2-6H,8-9,17H2,1H3,(H,18,19)/b12-10+. The number of benzene rings is 1. The van der Waals surface area contributed by atoms with Crippen LogP contribution < -0.4 is 11.1 Å². The molecule has 0 spiro atoms. The van der Waals surface area contributed by atoms with Gasteiger partial charge in [-0.3, -0.25) is 4.79 Å². The van der Waals surface area contributed by atoms with E-state index in [4.69, 9.17) is 11.0 Å². The van der Waals surface area contributed by atoms with Gasteiger partial charge >= 0.3 is 0 Å². The zero-order valence-corrected chi connectivity index (χ0v) is 14.1. The van der Waals surface area contributed by atoms with Gasteiger partial charge in [0.1, 0.15) is 11.6 Å². The highest BCUT2D eigenvalue weighted by atomic mass is 32.2. The molecule has 0 aliphatic rings. The third kappa shape index (κ3) is 5.09. The molecular formula is C15H15N5OS2. The molecule has 8 heteroatoms. The van der Waals surface area contributed by atoms with E-state index in [0.29, 0.717) is 16.0 Å². The van der Waals surface area contributed by atoms with Crippen LogP contribution >= 0.6 is 23.1 Å². The average molecular weight is 345 g/mol. The first-order valence-electron chi connectivity index (χ1n) is 6.74. The summed E-state index contributed by atoms with van der Waals surface area (Å²) < 4.78 is 0.667. The molecule has 1 aromatic carbocycles. The number of aromatic nitrogens is 2. The number of rotatable bonds is 7. The first-order chi connectivity index (χ1) is 11.1. The minimum absolute atomic E-state index is 0.00411. The van der Waals surface area contributed by atoms with Crippen LogP contribution in [0.1, 0.15) is 12.5 Å². The van der Waals surface area contributed by atoms with Crippen molar-refractivity contribution in [1.82, 2.24) is 10.2 Å². The van der Waals surface area contributed by atoms with E-state index >= 15 is 0 Å². The molecule has 2 aromatic rings. The Hall–Kier alpha value is -2.37. The Balaban J connectivity index is 1.87. The smallest absolute Gasteiger partial charge is 0.206 e. The highest BCUT2D eigenvalue weighted by Crippen LogP contribution is 2.26. The fourth-order valence-corrected chi connectivity index (χ4v) is 3.30. The summed E-state index contributed by atoms with van der Waals surface area (Å²) in [6.45, 7) is 2.20. The van der Waals surface area contributed by atoms with Gasteiger partial charge in [-0.1, -0.05) is 53.4 Å². The predicted octanol–water partition coefficient (Wildman–Crippen LogP) is 2.57. The van der Waals surface area contributed by atoms with Crippen molar-refractivity contribution in [1.29, 1.82) is 5.26 Å². The molecule has 0 unspecified atom stereocenters. The monoisotopic (exact) mass is 345 g/mol. The fraction of sp³-hybridized carbons (Fsp3) is 0.200. The Morgan fingerprint density at radius 1 is 1.39 bits per heavy atom. The second-order valence-corrected chi connectivity index (χ2v) is 6.79. The predicted molar refractivity (Wildman–Crippen MR) is 91.9 cm³/mol. The van der Waals surface area contributed by atoms with Crippen LogP contribution in [-0.4, -0.2) is 21.7 Å². The Kier molecular flexibility index (Phi) is 6.14. The molecule has 6 nitrogen and oxygen atoms in total. The number of ketones is 1. The largest absolute Gasteiger partial charge is 0.401 e. The lowest BCUT2D eigenvalue weighted by Crippen LogP contribution is -2.10. The molecule has 0 aliphatic carbocycles. The third-order valence-corrected chi connectivity index (χ3v) is 4.82. The molecule has 1 heterocycles.